The number of benzene rings is 1. The van der Waals surface area contributed by atoms with Gasteiger partial charge in [0.05, 0.1) is 5.56 Å². The van der Waals surface area contributed by atoms with E-state index in [9.17, 15) is 4.79 Å². The quantitative estimate of drug-likeness (QED) is 0.631. The minimum absolute atomic E-state index is 0.334. The highest BCUT2D eigenvalue weighted by atomic mass is 16.6. The second-order valence-electron chi connectivity index (χ2n) is 5.50. The number of hydrogen-bond acceptors (Lipinski definition) is 3. The van der Waals surface area contributed by atoms with Crippen molar-refractivity contribution in [2.24, 2.45) is 0 Å². The van der Waals surface area contributed by atoms with E-state index in [4.69, 9.17) is 10.5 Å². The molecule has 94 valence electrons. The van der Waals surface area contributed by atoms with Crippen LogP contribution in [0.25, 0.3) is 0 Å². The molecular formula is C14H21NO2. The van der Waals surface area contributed by atoms with Gasteiger partial charge in [-0.05, 0) is 44.4 Å². The zero-order valence-corrected chi connectivity index (χ0v) is 11.2. The minimum atomic E-state index is -0.484. The first-order valence-corrected chi connectivity index (χ1v) is 5.83. The Balaban J connectivity index is 2.94. The molecule has 0 heterocycles. The Hall–Kier alpha value is -1.51. The van der Waals surface area contributed by atoms with Gasteiger partial charge in [0.1, 0.15) is 5.60 Å². The molecule has 0 amide bonds. The normalized spacial score (nSPS) is 11.6. The first-order chi connectivity index (χ1) is 7.70. The molecule has 0 aliphatic rings. The van der Waals surface area contributed by atoms with E-state index in [1.165, 1.54) is 0 Å². The molecule has 0 fully saturated rings. The van der Waals surface area contributed by atoms with Crippen LogP contribution >= 0.6 is 0 Å². The molecule has 0 aliphatic carbocycles. The van der Waals surface area contributed by atoms with Crippen molar-refractivity contribution in [2.75, 3.05) is 5.73 Å². The van der Waals surface area contributed by atoms with Crippen molar-refractivity contribution in [3.05, 3.63) is 29.3 Å². The Labute approximate surface area is 103 Å². The smallest absolute Gasteiger partial charge is 0.338 e. The van der Waals surface area contributed by atoms with Gasteiger partial charge in [-0.3, -0.25) is 0 Å². The fourth-order valence-corrected chi connectivity index (χ4v) is 1.56. The van der Waals surface area contributed by atoms with Crippen LogP contribution in [0.4, 0.5) is 5.69 Å². The Bertz CT molecular complexity index is 417. The zero-order chi connectivity index (χ0) is 13.2. The average molecular weight is 235 g/mol. The van der Waals surface area contributed by atoms with Gasteiger partial charge >= 0.3 is 5.97 Å². The van der Waals surface area contributed by atoms with Crippen LogP contribution in [0.1, 0.15) is 56.5 Å². The molecule has 3 heteroatoms. The van der Waals surface area contributed by atoms with E-state index in [0.717, 1.165) is 5.56 Å². The summed E-state index contributed by atoms with van der Waals surface area (Å²) in [7, 11) is 0. The first-order valence-electron chi connectivity index (χ1n) is 5.83. The average Bonchev–Trinajstić information content (AvgIpc) is 2.14. The van der Waals surface area contributed by atoms with E-state index in [-0.39, 0.29) is 5.97 Å². The van der Waals surface area contributed by atoms with Gasteiger partial charge in [0.25, 0.3) is 0 Å². The SMILES string of the molecule is CC(C)c1ccc(C(=O)OC(C)(C)C)cc1N. The van der Waals surface area contributed by atoms with Crippen LogP contribution in [0, 0.1) is 0 Å². The van der Waals surface area contributed by atoms with Crippen LogP contribution in [0.2, 0.25) is 0 Å². The van der Waals surface area contributed by atoms with E-state index < -0.39 is 5.60 Å². The Morgan fingerprint density at radius 1 is 1.29 bits per heavy atom. The molecule has 3 nitrogen and oxygen atoms in total. The summed E-state index contributed by atoms with van der Waals surface area (Å²) in [6, 6.07) is 5.34. The number of rotatable bonds is 2. The van der Waals surface area contributed by atoms with Crippen molar-refractivity contribution >= 4 is 11.7 Å². The Kier molecular flexibility index (Phi) is 3.81. The number of carbonyl (C=O) groups is 1. The van der Waals surface area contributed by atoms with Gasteiger partial charge < -0.3 is 10.5 Å². The van der Waals surface area contributed by atoms with Crippen LogP contribution in [0.5, 0.6) is 0 Å². The van der Waals surface area contributed by atoms with Crippen molar-refractivity contribution in [1.82, 2.24) is 0 Å². The second kappa shape index (κ2) is 4.78. The maximum Gasteiger partial charge on any atom is 0.338 e. The number of esters is 1. The number of carbonyl (C=O) groups excluding carboxylic acids is 1. The van der Waals surface area contributed by atoms with Crippen LogP contribution in [0.15, 0.2) is 18.2 Å². The third-order valence-electron chi connectivity index (χ3n) is 2.34. The Morgan fingerprint density at radius 2 is 1.88 bits per heavy atom. The molecule has 2 N–H and O–H groups in total. The molecule has 0 aliphatic heterocycles. The lowest BCUT2D eigenvalue weighted by Gasteiger charge is -2.20. The summed E-state index contributed by atoms with van der Waals surface area (Å²) >= 11 is 0. The van der Waals surface area contributed by atoms with E-state index in [2.05, 4.69) is 13.8 Å². The standard InChI is InChI=1S/C14H21NO2/c1-9(2)11-7-6-10(8-12(11)15)13(16)17-14(3,4)5/h6-9H,15H2,1-5H3. The molecule has 0 bridgehead atoms. The van der Waals surface area contributed by atoms with Crippen LogP contribution in [-0.4, -0.2) is 11.6 Å². The van der Waals surface area contributed by atoms with Crippen molar-refractivity contribution < 1.29 is 9.53 Å². The third-order valence-corrected chi connectivity index (χ3v) is 2.34. The van der Waals surface area contributed by atoms with Crippen molar-refractivity contribution in [1.29, 1.82) is 0 Å². The summed E-state index contributed by atoms with van der Waals surface area (Å²) in [6.07, 6.45) is 0. The van der Waals surface area contributed by atoms with E-state index in [1.54, 1.807) is 12.1 Å². The van der Waals surface area contributed by atoms with Gasteiger partial charge in [0.2, 0.25) is 0 Å². The van der Waals surface area contributed by atoms with Crippen LogP contribution in [-0.2, 0) is 4.74 Å². The van der Waals surface area contributed by atoms with E-state index >= 15 is 0 Å². The topological polar surface area (TPSA) is 52.3 Å². The molecule has 0 saturated heterocycles. The lowest BCUT2D eigenvalue weighted by atomic mass is 9.99. The summed E-state index contributed by atoms with van der Waals surface area (Å²) < 4.78 is 5.28. The molecule has 1 rings (SSSR count). The molecule has 1 aromatic carbocycles. The van der Waals surface area contributed by atoms with Gasteiger partial charge in [-0.25, -0.2) is 4.79 Å². The van der Waals surface area contributed by atoms with Crippen LogP contribution in [0.3, 0.4) is 0 Å². The van der Waals surface area contributed by atoms with Gasteiger partial charge in [-0.1, -0.05) is 19.9 Å². The largest absolute Gasteiger partial charge is 0.456 e. The maximum absolute atomic E-state index is 11.8. The Morgan fingerprint density at radius 3 is 2.29 bits per heavy atom. The maximum atomic E-state index is 11.8. The third kappa shape index (κ3) is 3.77. The highest BCUT2D eigenvalue weighted by Crippen LogP contribution is 2.23. The van der Waals surface area contributed by atoms with Crippen LogP contribution < -0.4 is 5.73 Å². The molecule has 0 unspecified atom stereocenters. The molecule has 0 atom stereocenters. The molecule has 0 radical (unpaired) electrons. The molecule has 0 aromatic heterocycles. The summed E-state index contributed by atoms with van der Waals surface area (Å²) in [5.74, 6) is 0.0159. The monoisotopic (exact) mass is 235 g/mol. The second-order valence-corrected chi connectivity index (χ2v) is 5.50. The predicted molar refractivity (Wildman–Crippen MR) is 70.1 cm³/mol. The molecule has 1 aromatic rings. The van der Waals surface area contributed by atoms with Crippen molar-refractivity contribution in [2.45, 2.75) is 46.1 Å². The van der Waals surface area contributed by atoms with E-state index in [1.807, 2.05) is 26.8 Å². The molecule has 0 saturated carbocycles. The summed E-state index contributed by atoms with van der Waals surface area (Å²) in [5.41, 5.74) is 7.63. The summed E-state index contributed by atoms with van der Waals surface area (Å²) in [5, 5.41) is 0. The zero-order valence-electron chi connectivity index (χ0n) is 11.2. The number of ether oxygens (including phenoxy) is 1. The number of nitrogen functional groups attached to an aromatic ring is 1. The fraction of sp³-hybridized carbons (Fsp3) is 0.500. The molecule has 17 heavy (non-hydrogen) atoms. The highest BCUT2D eigenvalue weighted by molar-refractivity contribution is 5.91. The number of anilines is 1. The molecular weight excluding hydrogens is 214 g/mol. The van der Waals surface area contributed by atoms with Gasteiger partial charge in [-0.2, -0.15) is 0 Å². The number of nitrogens with two attached hydrogens (primary N) is 1. The van der Waals surface area contributed by atoms with Gasteiger partial charge in [0, 0.05) is 5.69 Å². The van der Waals surface area contributed by atoms with Gasteiger partial charge in [0.15, 0.2) is 0 Å². The first kappa shape index (κ1) is 13.6. The van der Waals surface area contributed by atoms with E-state index in [0.29, 0.717) is 17.2 Å². The minimum Gasteiger partial charge on any atom is -0.456 e. The molecule has 0 spiro atoms. The summed E-state index contributed by atoms with van der Waals surface area (Å²) in [6.45, 7) is 9.67. The van der Waals surface area contributed by atoms with Gasteiger partial charge in [-0.15, -0.1) is 0 Å². The predicted octanol–water partition coefficient (Wildman–Crippen LogP) is 3.35. The highest BCUT2D eigenvalue weighted by Gasteiger charge is 2.18. The summed E-state index contributed by atoms with van der Waals surface area (Å²) in [4.78, 5) is 11.8. The lowest BCUT2D eigenvalue weighted by molar-refractivity contribution is 0.00696. The van der Waals surface area contributed by atoms with Crippen molar-refractivity contribution in [3.8, 4) is 0 Å². The van der Waals surface area contributed by atoms with Crippen molar-refractivity contribution in [3.63, 3.8) is 0 Å². The fourth-order valence-electron chi connectivity index (χ4n) is 1.56. The lowest BCUT2D eigenvalue weighted by Crippen LogP contribution is -2.24. The number of hydrogen-bond donors (Lipinski definition) is 1.